The molecule has 0 unspecified atom stereocenters. The van der Waals surface area contributed by atoms with Gasteiger partial charge in [0.1, 0.15) is 19.0 Å². The van der Waals surface area contributed by atoms with Gasteiger partial charge in [0.15, 0.2) is 11.5 Å². The van der Waals surface area contributed by atoms with Gasteiger partial charge >= 0.3 is 12.3 Å². The van der Waals surface area contributed by atoms with Crippen LogP contribution in [0, 0.1) is 0 Å². The number of hydrogen-bond acceptors (Lipinski definition) is 4. The van der Waals surface area contributed by atoms with Crippen molar-refractivity contribution in [2.75, 3.05) is 20.3 Å². The van der Waals surface area contributed by atoms with E-state index in [0.29, 0.717) is 11.5 Å². The molecule has 0 aliphatic carbocycles. The van der Waals surface area contributed by atoms with E-state index in [2.05, 4.69) is 5.32 Å². The van der Waals surface area contributed by atoms with Gasteiger partial charge in [0.25, 0.3) is 0 Å². The molecule has 2 rings (SSSR count). The molecule has 0 atom stereocenters. The Bertz CT molecular complexity index is 702. The molecule has 1 N–H and O–H groups in total. The second-order valence-electron chi connectivity index (χ2n) is 4.81. The Kier molecular flexibility index (Phi) is 6.10. The molecule has 5 nitrogen and oxygen atoms in total. The van der Waals surface area contributed by atoms with Crippen LogP contribution in [0.1, 0.15) is 5.56 Å². The number of carbonyl (C=O) groups excluding carboxylic acids is 1. The number of nitrogens with one attached hydrogen (secondary N) is 1. The lowest BCUT2D eigenvalue weighted by atomic mass is 10.2. The van der Waals surface area contributed by atoms with Gasteiger partial charge in [-0.1, -0.05) is 12.1 Å². The van der Waals surface area contributed by atoms with Crippen molar-refractivity contribution in [1.29, 1.82) is 0 Å². The summed E-state index contributed by atoms with van der Waals surface area (Å²) in [6, 6.07) is 11.0. The molecule has 25 heavy (non-hydrogen) atoms. The minimum Gasteiger partial charge on any atom is -0.490 e. The minimum absolute atomic E-state index is 0.111. The SMILES string of the molecule is CNC(=O)Oc1ccccc1OCCOc1ccc(C(F)(F)F)cc1. The van der Waals surface area contributed by atoms with Crippen LogP contribution in [0.5, 0.6) is 17.2 Å². The van der Waals surface area contributed by atoms with Gasteiger partial charge in [0.2, 0.25) is 0 Å². The first-order chi connectivity index (χ1) is 11.9. The van der Waals surface area contributed by atoms with E-state index < -0.39 is 17.8 Å². The number of amides is 1. The minimum atomic E-state index is -4.38. The standard InChI is InChI=1S/C17H16F3NO4/c1-21-16(22)25-15-5-3-2-4-14(15)24-11-10-23-13-8-6-12(7-9-13)17(18,19)20/h2-9H,10-11H2,1H3,(H,21,22). The van der Waals surface area contributed by atoms with E-state index >= 15 is 0 Å². The highest BCUT2D eigenvalue weighted by molar-refractivity contribution is 5.70. The zero-order chi connectivity index (χ0) is 18.3. The number of hydrogen-bond donors (Lipinski definition) is 1. The fraction of sp³-hybridized carbons (Fsp3) is 0.235. The molecular weight excluding hydrogens is 339 g/mol. The molecule has 0 fully saturated rings. The largest absolute Gasteiger partial charge is 0.490 e. The first-order valence-corrected chi connectivity index (χ1v) is 7.31. The Labute approximate surface area is 142 Å². The number of alkyl halides is 3. The fourth-order valence-corrected chi connectivity index (χ4v) is 1.86. The maximum atomic E-state index is 12.5. The molecule has 0 heterocycles. The predicted molar refractivity (Wildman–Crippen MR) is 84.0 cm³/mol. The van der Waals surface area contributed by atoms with Gasteiger partial charge in [-0.15, -0.1) is 0 Å². The second kappa shape index (κ2) is 8.27. The average molecular weight is 355 g/mol. The highest BCUT2D eigenvalue weighted by Crippen LogP contribution is 2.30. The molecule has 0 aromatic heterocycles. The molecule has 8 heteroatoms. The van der Waals surface area contributed by atoms with Crippen LogP contribution in [0.15, 0.2) is 48.5 Å². The molecule has 0 aliphatic heterocycles. The van der Waals surface area contributed by atoms with Crippen LogP contribution in [0.4, 0.5) is 18.0 Å². The molecule has 2 aromatic rings. The zero-order valence-electron chi connectivity index (χ0n) is 13.3. The van der Waals surface area contributed by atoms with Crippen LogP contribution >= 0.6 is 0 Å². The number of carbonyl (C=O) groups is 1. The molecule has 0 radical (unpaired) electrons. The van der Waals surface area contributed by atoms with Crippen molar-refractivity contribution in [3.63, 3.8) is 0 Å². The van der Waals surface area contributed by atoms with Crippen molar-refractivity contribution in [1.82, 2.24) is 5.32 Å². The van der Waals surface area contributed by atoms with Crippen LogP contribution in [0.25, 0.3) is 0 Å². The highest BCUT2D eigenvalue weighted by atomic mass is 19.4. The van der Waals surface area contributed by atoms with E-state index in [1.54, 1.807) is 24.3 Å². The zero-order valence-corrected chi connectivity index (χ0v) is 13.3. The quantitative estimate of drug-likeness (QED) is 0.799. The Hall–Kier alpha value is -2.90. The number of rotatable bonds is 6. The summed E-state index contributed by atoms with van der Waals surface area (Å²) in [6.45, 7) is 0.231. The topological polar surface area (TPSA) is 56.8 Å². The summed E-state index contributed by atoms with van der Waals surface area (Å²) in [5.74, 6) is 0.894. The number of benzene rings is 2. The van der Waals surface area contributed by atoms with Crippen LogP contribution < -0.4 is 19.5 Å². The average Bonchev–Trinajstić information content (AvgIpc) is 2.59. The first kappa shape index (κ1) is 18.4. The van der Waals surface area contributed by atoms with E-state index in [1.807, 2.05) is 0 Å². The van der Waals surface area contributed by atoms with Crippen LogP contribution in [0.2, 0.25) is 0 Å². The fourth-order valence-electron chi connectivity index (χ4n) is 1.86. The summed E-state index contributed by atoms with van der Waals surface area (Å²) in [5, 5.41) is 2.32. The summed E-state index contributed by atoms with van der Waals surface area (Å²) in [7, 11) is 1.43. The van der Waals surface area contributed by atoms with E-state index in [-0.39, 0.29) is 19.0 Å². The third-order valence-electron chi connectivity index (χ3n) is 3.05. The summed E-state index contributed by atoms with van der Waals surface area (Å²) in [6.07, 6.45) is -5.01. The number of halogens is 3. The summed E-state index contributed by atoms with van der Waals surface area (Å²) >= 11 is 0. The van der Waals surface area contributed by atoms with Crippen molar-refractivity contribution in [3.8, 4) is 17.2 Å². The Balaban J connectivity index is 1.84. The predicted octanol–water partition coefficient (Wildman–Crippen LogP) is 3.88. The van der Waals surface area contributed by atoms with Crippen LogP contribution in [-0.2, 0) is 6.18 Å². The molecule has 0 spiro atoms. The first-order valence-electron chi connectivity index (χ1n) is 7.31. The van der Waals surface area contributed by atoms with Crippen LogP contribution in [-0.4, -0.2) is 26.4 Å². The van der Waals surface area contributed by atoms with Crippen molar-refractivity contribution >= 4 is 6.09 Å². The molecule has 0 saturated carbocycles. The van der Waals surface area contributed by atoms with Gasteiger partial charge < -0.3 is 19.5 Å². The van der Waals surface area contributed by atoms with Gasteiger partial charge in [0, 0.05) is 7.05 Å². The molecule has 1 amide bonds. The second-order valence-corrected chi connectivity index (χ2v) is 4.81. The lowest BCUT2D eigenvalue weighted by Crippen LogP contribution is -2.22. The Morgan fingerprint density at radius 1 is 0.960 bits per heavy atom. The molecular formula is C17H16F3NO4. The maximum Gasteiger partial charge on any atom is 0.416 e. The maximum absolute atomic E-state index is 12.5. The van der Waals surface area contributed by atoms with Crippen molar-refractivity contribution in [3.05, 3.63) is 54.1 Å². The molecule has 0 aliphatic rings. The molecule has 134 valence electrons. The normalized spacial score (nSPS) is 10.9. The monoisotopic (exact) mass is 355 g/mol. The highest BCUT2D eigenvalue weighted by Gasteiger charge is 2.29. The third kappa shape index (κ3) is 5.59. The smallest absolute Gasteiger partial charge is 0.416 e. The van der Waals surface area contributed by atoms with Gasteiger partial charge in [-0.05, 0) is 36.4 Å². The summed E-state index contributed by atoms with van der Waals surface area (Å²) in [4.78, 5) is 11.3. The van der Waals surface area contributed by atoms with E-state index in [1.165, 1.54) is 19.2 Å². The molecule has 0 bridgehead atoms. The Morgan fingerprint density at radius 3 is 2.16 bits per heavy atom. The van der Waals surface area contributed by atoms with Crippen LogP contribution in [0.3, 0.4) is 0 Å². The molecule has 2 aromatic carbocycles. The third-order valence-corrected chi connectivity index (χ3v) is 3.05. The van der Waals surface area contributed by atoms with E-state index in [0.717, 1.165) is 12.1 Å². The summed E-state index contributed by atoms with van der Waals surface area (Å²) in [5.41, 5.74) is -0.739. The number of para-hydroxylation sites is 2. The van der Waals surface area contributed by atoms with E-state index in [4.69, 9.17) is 14.2 Å². The number of ether oxygens (including phenoxy) is 3. The van der Waals surface area contributed by atoms with Gasteiger partial charge in [-0.3, -0.25) is 0 Å². The lowest BCUT2D eigenvalue weighted by molar-refractivity contribution is -0.137. The van der Waals surface area contributed by atoms with Gasteiger partial charge in [-0.25, -0.2) is 4.79 Å². The van der Waals surface area contributed by atoms with Gasteiger partial charge in [0.05, 0.1) is 5.56 Å². The van der Waals surface area contributed by atoms with E-state index in [9.17, 15) is 18.0 Å². The van der Waals surface area contributed by atoms with Gasteiger partial charge in [-0.2, -0.15) is 13.2 Å². The molecule has 0 saturated heterocycles. The summed E-state index contributed by atoms with van der Waals surface area (Å²) < 4.78 is 53.2. The van der Waals surface area contributed by atoms with Crippen molar-refractivity contribution in [2.24, 2.45) is 0 Å². The van der Waals surface area contributed by atoms with Crippen molar-refractivity contribution in [2.45, 2.75) is 6.18 Å². The van der Waals surface area contributed by atoms with Crippen molar-refractivity contribution < 1.29 is 32.2 Å². The Morgan fingerprint density at radius 2 is 1.56 bits per heavy atom. The lowest BCUT2D eigenvalue weighted by Gasteiger charge is -2.12.